The van der Waals surface area contributed by atoms with Gasteiger partial charge in [-0.25, -0.2) is 13.6 Å². The number of nitrogens with two attached hydrogens (primary N) is 2. The first-order chi connectivity index (χ1) is 10.4. The fraction of sp³-hybridized carbons (Fsp3) is 0.375. The van der Waals surface area contributed by atoms with Crippen LogP contribution in [0.3, 0.4) is 0 Å². The van der Waals surface area contributed by atoms with Gasteiger partial charge in [-0.15, -0.1) is 0 Å². The van der Waals surface area contributed by atoms with E-state index in [1.807, 2.05) is 12.1 Å². The average molecular weight is 341 g/mol. The number of hydrogen-bond donors (Lipinski definition) is 2. The lowest BCUT2D eigenvalue weighted by Crippen LogP contribution is -2.15. The summed E-state index contributed by atoms with van der Waals surface area (Å²) < 4.78 is 24.1. The van der Waals surface area contributed by atoms with E-state index in [0.29, 0.717) is 28.8 Å². The molecule has 0 atom stereocenters. The highest BCUT2D eigenvalue weighted by atomic mass is 35.5. The lowest BCUT2D eigenvalue weighted by Gasteiger charge is -2.12. The van der Waals surface area contributed by atoms with Crippen molar-refractivity contribution in [2.45, 2.75) is 37.0 Å². The molecule has 0 unspecified atom stereocenters. The molecule has 0 amide bonds. The summed E-state index contributed by atoms with van der Waals surface area (Å²) in [5.41, 5.74) is 6.23. The molecule has 0 spiro atoms. The number of unbranched alkanes of at least 4 members (excludes halogenated alkanes) is 3. The summed E-state index contributed by atoms with van der Waals surface area (Å²) >= 11 is 6.15. The fourth-order valence-corrected chi connectivity index (χ4v) is 3.94. The summed E-state index contributed by atoms with van der Waals surface area (Å²) in [6.07, 6.45) is 4.66. The Morgan fingerprint density at radius 3 is 2.36 bits per heavy atom. The molecule has 4 N–H and O–H groups in total. The Kier molecular flexibility index (Phi) is 5.81. The number of hydrogen-bond acceptors (Lipinski definition) is 3. The maximum atomic E-state index is 12.0. The molecule has 0 aliphatic rings. The zero-order chi connectivity index (χ0) is 16.2. The molecule has 0 heterocycles. The van der Waals surface area contributed by atoms with Gasteiger partial charge in [-0.1, -0.05) is 48.7 Å². The van der Waals surface area contributed by atoms with Gasteiger partial charge in [0.05, 0.1) is 4.90 Å². The normalized spacial score (nSPS) is 12.0. The molecule has 2 rings (SSSR count). The van der Waals surface area contributed by atoms with E-state index >= 15 is 0 Å². The van der Waals surface area contributed by atoms with E-state index < -0.39 is 10.0 Å². The molecular formula is C16H21ClN2O2S. The van der Waals surface area contributed by atoms with Crippen LogP contribution < -0.4 is 10.9 Å². The first-order valence-electron chi connectivity index (χ1n) is 7.38. The van der Waals surface area contributed by atoms with Crippen LogP contribution >= 0.6 is 11.6 Å². The number of primary sulfonamides is 1. The van der Waals surface area contributed by atoms with Gasteiger partial charge in [-0.2, -0.15) is 0 Å². The topological polar surface area (TPSA) is 86.2 Å². The highest BCUT2D eigenvalue weighted by molar-refractivity contribution is 7.89. The predicted molar refractivity (Wildman–Crippen MR) is 91.6 cm³/mol. The molecule has 6 heteroatoms. The lowest BCUT2D eigenvalue weighted by molar-refractivity contribution is 0.596. The summed E-state index contributed by atoms with van der Waals surface area (Å²) in [6.45, 7) is 0.691. The maximum Gasteiger partial charge on any atom is 0.238 e. The lowest BCUT2D eigenvalue weighted by atomic mass is 10.0. The van der Waals surface area contributed by atoms with Gasteiger partial charge in [-0.05, 0) is 37.4 Å². The number of halogens is 1. The molecule has 4 nitrogen and oxygen atoms in total. The van der Waals surface area contributed by atoms with Crippen LogP contribution in [0.2, 0.25) is 5.02 Å². The van der Waals surface area contributed by atoms with E-state index in [2.05, 4.69) is 0 Å². The molecule has 0 aliphatic heterocycles. The van der Waals surface area contributed by atoms with Gasteiger partial charge in [0.2, 0.25) is 10.0 Å². The van der Waals surface area contributed by atoms with E-state index in [1.165, 1.54) is 0 Å². The second kappa shape index (κ2) is 7.42. The Balaban J connectivity index is 2.38. The standard InChI is InChI=1S/C16H21ClN2O2S/c17-15-8-5-7-14-13(15)10-9-12(16(14)22(19,20)21)6-3-1-2-4-11-18/h5,7-10H,1-4,6,11,18H2,(H2,19,20,21). The van der Waals surface area contributed by atoms with E-state index in [0.717, 1.165) is 31.2 Å². The molecule has 0 saturated heterocycles. The maximum absolute atomic E-state index is 12.0. The first kappa shape index (κ1) is 17.2. The molecule has 0 aromatic heterocycles. The summed E-state index contributed by atoms with van der Waals surface area (Å²) in [4.78, 5) is 0.200. The average Bonchev–Trinajstić information content (AvgIpc) is 2.45. The van der Waals surface area contributed by atoms with Crippen LogP contribution in [0.15, 0.2) is 35.2 Å². The molecule has 2 aromatic carbocycles. The SMILES string of the molecule is NCCCCCCc1ccc2c(Cl)cccc2c1S(N)(=O)=O. The molecule has 0 saturated carbocycles. The Labute approximate surface area is 136 Å². The van der Waals surface area contributed by atoms with Gasteiger partial charge in [0, 0.05) is 15.8 Å². The third-order valence-corrected chi connectivity index (χ3v) is 5.11. The van der Waals surface area contributed by atoms with Crippen molar-refractivity contribution in [3.8, 4) is 0 Å². The number of fused-ring (bicyclic) bond motifs is 1. The second-order valence-electron chi connectivity index (χ2n) is 5.39. The summed E-state index contributed by atoms with van der Waals surface area (Å²) in [5.74, 6) is 0. The van der Waals surface area contributed by atoms with Crippen molar-refractivity contribution in [3.05, 3.63) is 40.9 Å². The predicted octanol–water partition coefficient (Wildman–Crippen LogP) is 3.20. The third kappa shape index (κ3) is 3.98. The quantitative estimate of drug-likeness (QED) is 0.759. The minimum atomic E-state index is -3.80. The van der Waals surface area contributed by atoms with E-state index in [1.54, 1.807) is 18.2 Å². The van der Waals surface area contributed by atoms with Gasteiger partial charge < -0.3 is 5.73 Å². The minimum absolute atomic E-state index is 0.200. The van der Waals surface area contributed by atoms with Crippen molar-refractivity contribution in [1.82, 2.24) is 0 Å². The summed E-state index contributed by atoms with van der Waals surface area (Å²) in [6, 6.07) is 8.91. The highest BCUT2D eigenvalue weighted by Crippen LogP contribution is 2.31. The van der Waals surface area contributed by atoms with Gasteiger partial charge >= 0.3 is 0 Å². The Morgan fingerprint density at radius 1 is 0.955 bits per heavy atom. The van der Waals surface area contributed by atoms with E-state index in [9.17, 15) is 8.42 Å². The monoisotopic (exact) mass is 340 g/mol. The van der Waals surface area contributed by atoms with Crippen molar-refractivity contribution >= 4 is 32.4 Å². The Hall–Kier alpha value is -1.14. The van der Waals surface area contributed by atoms with Gasteiger partial charge in [-0.3, -0.25) is 0 Å². The molecule has 2 aromatic rings. The van der Waals surface area contributed by atoms with Gasteiger partial charge in [0.1, 0.15) is 0 Å². The first-order valence-corrected chi connectivity index (χ1v) is 9.30. The number of benzene rings is 2. The largest absolute Gasteiger partial charge is 0.330 e. The molecule has 120 valence electrons. The van der Waals surface area contributed by atoms with Crippen molar-refractivity contribution < 1.29 is 8.42 Å². The van der Waals surface area contributed by atoms with Crippen LogP contribution in [0, 0.1) is 0 Å². The van der Waals surface area contributed by atoms with Crippen LogP contribution in [0.4, 0.5) is 0 Å². The van der Waals surface area contributed by atoms with Crippen LogP contribution in [0.5, 0.6) is 0 Å². The zero-order valence-electron chi connectivity index (χ0n) is 12.4. The fourth-order valence-electron chi connectivity index (χ4n) is 2.68. The van der Waals surface area contributed by atoms with Gasteiger partial charge in [0.25, 0.3) is 0 Å². The summed E-state index contributed by atoms with van der Waals surface area (Å²) in [5, 5.41) is 7.26. The number of rotatable bonds is 7. The smallest absolute Gasteiger partial charge is 0.238 e. The minimum Gasteiger partial charge on any atom is -0.330 e. The number of sulfonamides is 1. The highest BCUT2D eigenvalue weighted by Gasteiger charge is 2.18. The molecule has 0 radical (unpaired) electrons. The van der Waals surface area contributed by atoms with Crippen LogP contribution in [0.1, 0.15) is 31.2 Å². The Bertz CT molecular complexity index is 760. The molecular weight excluding hydrogens is 320 g/mol. The molecule has 0 aliphatic carbocycles. The summed E-state index contributed by atoms with van der Waals surface area (Å²) in [7, 11) is -3.80. The van der Waals surface area contributed by atoms with Crippen molar-refractivity contribution in [2.24, 2.45) is 10.9 Å². The van der Waals surface area contributed by atoms with Crippen LogP contribution in [0.25, 0.3) is 10.8 Å². The van der Waals surface area contributed by atoms with Crippen LogP contribution in [-0.4, -0.2) is 15.0 Å². The van der Waals surface area contributed by atoms with Crippen molar-refractivity contribution in [2.75, 3.05) is 6.54 Å². The van der Waals surface area contributed by atoms with E-state index in [4.69, 9.17) is 22.5 Å². The Morgan fingerprint density at radius 2 is 1.68 bits per heavy atom. The zero-order valence-corrected chi connectivity index (χ0v) is 14.0. The second-order valence-corrected chi connectivity index (χ2v) is 7.29. The number of aryl methyl sites for hydroxylation is 1. The molecule has 22 heavy (non-hydrogen) atoms. The van der Waals surface area contributed by atoms with Crippen molar-refractivity contribution in [1.29, 1.82) is 0 Å². The molecule has 0 bridgehead atoms. The van der Waals surface area contributed by atoms with Crippen LogP contribution in [-0.2, 0) is 16.4 Å². The van der Waals surface area contributed by atoms with E-state index in [-0.39, 0.29) is 4.90 Å². The third-order valence-electron chi connectivity index (χ3n) is 3.73. The molecule has 0 fully saturated rings. The van der Waals surface area contributed by atoms with Crippen molar-refractivity contribution in [3.63, 3.8) is 0 Å². The van der Waals surface area contributed by atoms with Gasteiger partial charge in [0.15, 0.2) is 0 Å².